The smallest absolute Gasteiger partial charge is 0.158 e. The van der Waals surface area contributed by atoms with Crippen LogP contribution in [-0.2, 0) is 6.61 Å². The predicted octanol–water partition coefficient (Wildman–Crippen LogP) is 1.97. The van der Waals surface area contributed by atoms with Crippen LogP contribution in [0.2, 0.25) is 0 Å². The summed E-state index contributed by atoms with van der Waals surface area (Å²) >= 11 is 0. The maximum Gasteiger partial charge on any atom is 0.158 e. The van der Waals surface area contributed by atoms with Crippen molar-refractivity contribution in [3.63, 3.8) is 0 Å². The number of aliphatic hydroxyl groups is 1. The lowest BCUT2D eigenvalue weighted by Crippen LogP contribution is -2.11. The minimum Gasteiger partial charge on any atom is -0.478 e. The Hall–Kier alpha value is -1.46. The Balaban J connectivity index is 2.64. The number of rotatable bonds is 4. The quantitative estimate of drug-likeness (QED) is 0.735. The average molecular weight is 190 g/mol. The number of hydrogen-bond acceptors (Lipinski definition) is 2. The third-order valence-corrected chi connectivity index (χ3v) is 1.94. The van der Waals surface area contributed by atoms with Gasteiger partial charge in [-0.1, -0.05) is 25.0 Å². The van der Waals surface area contributed by atoms with E-state index in [9.17, 15) is 0 Å². The summed E-state index contributed by atoms with van der Waals surface area (Å²) in [6.07, 6.45) is 5.89. The minimum atomic E-state index is -0.171. The lowest BCUT2D eigenvalue weighted by molar-refractivity contribution is 0.253. The summed E-state index contributed by atoms with van der Waals surface area (Å²) in [5.41, 5.74) is 0.867. The van der Waals surface area contributed by atoms with E-state index < -0.39 is 0 Å². The molecule has 1 N–H and O–H groups in total. The number of benzene rings is 1. The molecule has 1 atom stereocenters. The summed E-state index contributed by atoms with van der Waals surface area (Å²) in [5.74, 6) is 3.30. The van der Waals surface area contributed by atoms with Crippen LogP contribution in [0, 0.1) is 12.3 Å². The topological polar surface area (TPSA) is 29.5 Å². The Morgan fingerprint density at radius 3 is 2.50 bits per heavy atom. The van der Waals surface area contributed by atoms with E-state index in [-0.39, 0.29) is 12.7 Å². The molecule has 0 amide bonds. The molecule has 1 aromatic carbocycles. The fourth-order valence-corrected chi connectivity index (χ4v) is 1.07. The molecule has 0 spiro atoms. The molecule has 0 heterocycles. The minimum absolute atomic E-state index is 0.0482. The van der Waals surface area contributed by atoms with E-state index >= 15 is 0 Å². The second-order valence-corrected chi connectivity index (χ2v) is 2.98. The summed E-state index contributed by atoms with van der Waals surface area (Å²) < 4.78 is 5.49. The van der Waals surface area contributed by atoms with Crippen LogP contribution in [0.3, 0.4) is 0 Å². The predicted molar refractivity (Wildman–Crippen MR) is 55.9 cm³/mol. The van der Waals surface area contributed by atoms with Crippen LogP contribution >= 0.6 is 0 Å². The maximum atomic E-state index is 8.83. The van der Waals surface area contributed by atoms with Gasteiger partial charge in [-0.05, 0) is 24.1 Å². The molecule has 0 unspecified atom stereocenters. The first-order valence-corrected chi connectivity index (χ1v) is 4.62. The number of hydrogen-bond donors (Lipinski definition) is 1. The van der Waals surface area contributed by atoms with Gasteiger partial charge in [0.05, 0.1) is 6.61 Å². The van der Waals surface area contributed by atoms with Crippen molar-refractivity contribution >= 4 is 0 Å². The molecule has 1 aromatic rings. The zero-order chi connectivity index (χ0) is 10.4. The van der Waals surface area contributed by atoms with Gasteiger partial charge in [-0.15, -0.1) is 6.42 Å². The van der Waals surface area contributed by atoms with Gasteiger partial charge in [0, 0.05) is 0 Å². The number of ether oxygens (including phenoxy) is 1. The fraction of sp³-hybridized carbons (Fsp3) is 0.333. The van der Waals surface area contributed by atoms with Crippen molar-refractivity contribution in [1.29, 1.82) is 0 Å². The highest BCUT2D eigenvalue weighted by molar-refractivity contribution is 5.27. The molecular formula is C12H14O2. The second-order valence-electron chi connectivity index (χ2n) is 2.98. The molecule has 0 radical (unpaired) electrons. The normalized spacial score (nSPS) is 11.8. The molecule has 1 rings (SSSR count). The van der Waals surface area contributed by atoms with Crippen molar-refractivity contribution in [2.45, 2.75) is 26.1 Å². The zero-order valence-electron chi connectivity index (χ0n) is 8.23. The maximum absolute atomic E-state index is 8.83. The van der Waals surface area contributed by atoms with Crippen molar-refractivity contribution in [2.75, 3.05) is 0 Å². The van der Waals surface area contributed by atoms with Crippen molar-refractivity contribution in [3.05, 3.63) is 29.8 Å². The Bertz CT molecular complexity index is 308. The number of aliphatic hydroxyl groups excluding tert-OH is 1. The second kappa shape index (κ2) is 5.31. The molecule has 74 valence electrons. The summed E-state index contributed by atoms with van der Waals surface area (Å²) in [4.78, 5) is 0. The van der Waals surface area contributed by atoms with Crippen LogP contribution in [0.25, 0.3) is 0 Å². The van der Waals surface area contributed by atoms with Gasteiger partial charge < -0.3 is 9.84 Å². The van der Waals surface area contributed by atoms with Crippen LogP contribution < -0.4 is 4.74 Å². The van der Waals surface area contributed by atoms with E-state index in [1.807, 2.05) is 31.2 Å². The molecule has 2 heteroatoms. The van der Waals surface area contributed by atoms with Crippen molar-refractivity contribution in [3.8, 4) is 18.1 Å². The monoisotopic (exact) mass is 190 g/mol. The van der Waals surface area contributed by atoms with Crippen molar-refractivity contribution in [1.82, 2.24) is 0 Å². The summed E-state index contributed by atoms with van der Waals surface area (Å²) in [5, 5.41) is 8.83. The van der Waals surface area contributed by atoms with Gasteiger partial charge in [-0.3, -0.25) is 0 Å². The van der Waals surface area contributed by atoms with Crippen LogP contribution in [0.15, 0.2) is 24.3 Å². The first-order valence-electron chi connectivity index (χ1n) is 4.62. The van der Waals surface area contributed by atoms with Crippen LogP contribution in [-0.4, -0.2) is 11.2 Å². The van der Waals surface area contributed by atoms with E-state index in [1.54, 1.807) is 0 Å². The molecule has 0 aromatic heterocycles. The van der Waals surface area contributed by atoms with E-state index in [2.05, 4.69) is 5.92 Å². The molecule has 2 nitrogen and oxygen atoms in total. The lowest BCUT2D eigenvalue weighted by atomic mass is 10.2. The van der Waals surface area contributed by atoms with E-state index in [1.165, 1.54) is 0 Å². The Morgan fingerprint density at radius 1 is 1.43 bits per heavy atom. The third kappa shape index (κ3) is 2.79. The van der Waals surface area contributed by atoms with Crippen LogP contribution in [0.5, 0.6) is 5.75 Å². The molecule has 0 bridgehead atoms. The summed E-state index contributed by atoms with van der Waals surface area (Å²) in [6.45, 7) is 2.03. The molecule has 0 aliphatic heterocycles. The SMILES string of the molecule is C#C[C@H](CC)Oc1ccc(CO)cc1. The Morgan fingerprint density at radius 2 is 2.07 bits per heavy atom. The van der Waals surface area contributed by atoms with Crippen molar-refractivity contribution in [2.24, 2.45) is 0 Å². The van der Waals surface area contributed by atoms with Gasteiger partial charge in [-0.25, -0.2) is 0 Å². The Kier molecular flexibility index (Phi) is 4.03. The Labute approximate surface area is 84.5 Å². The molecular weight excluding hydrogens is 176 g/mol. The van der Waals surface area contributed by atoms with Gasteiger partial charge in [0.25, 0.3) is 0 Å². The van der Waals surface area contributed by atoms with Gasteiger partial charge >= 0.3 is 0 Å². The summed E-state index contributed by atoms with van der Waals surface area (Å²) in [6, 6.07) is 7.26. The van der Waals surface area contributed by atoms with Crippen LogP contribution in [0.4, 0.5) is 0 Å². The van der Waals surface area contributed by atoms with Gasteiger partial charge in [0.1, 0.15) is 5.75 Å². The lowest BCUT2D eigenvalue weighted by Gasteiger charge is -2.11. The van der Waals surface area contributed by atoms with Gasteiger partial charge in [0.2, 0.25) is 0 Å². The standard InChI is InChI=1S/C12H14O2/c1-3-11(4-2)14-12-7-5-10(9-13)6-8-12/h1,5-8,11,13H,4,9H2,2H3/t11-/m1/s1. The number of terminal acetylenes is 1. The average Bonchev–Trinajstić information content (AvgIpc) is 2.26. The zero-order valence-corrected chi connectivity index (χ0v) is 8.23. The summed E-state index contributed by atoms with van der Waals surface area (Å²) in [7, 11) is 0. The van der Waals surface area contributed by atoms with Gasteiger partial charge in [-0.2, -0.15) is 0 Å². The van der Waals surface area contributed by atoms with E-state index in [4.69, 9.17) is 16.3 Å². The van der Waals surface area contributed by atoms with Crippen LogP contribution in [0.1, 0.15) is 18.9 Å². The molecule has 0 fully saturated rings. The van der Waals surface area contributed by atoms with Gasteiger partial charge in [0.15, 0.2) is 6.10 Å². The third-order valence-electron chi connectivity index (χ3n) is 1.94. The first-order chi connectivity index (χ1) is 6.80. The molecule has 14 heavy (non-hydrogen) atoms. The van der Waals surface area contributed by atoms with E-state index in [0.29, 0.717) is 0 Å². The van der Waals surface area contributed by atoms with E-state index in [0.717, 1.165) is 17.7 Å². The molecule has 0 aliphatic rings. The highest BCUT2D eigenvalue weighted by Gasteiger charge is 2.02. The molecule has 0 saturated heterocycles. The highest BCUT2D eigenvalue weighted by Crippen LogP contribution is 2.14. The molecule has 0 aliphatic carbocycles. The largest absolute Gasteiger partial charge is 0.478 e. The fourth-order valence-electron chi connectivity index (χ4n) is 1.07. The first kappa shape index (κ1) is 10.6. The van der Waals surface area contributed by atoms with Crippen molar-refractivity contribution < 1.29 is 9.84 Å². The molecule has 0 saturated carbocycles. The highest BCUT2D eigenvalue weighted by atomic mass is 16.5.